The molecule has 4 heterocycles. The Hall–Kier alpha value is -7.18. The Morgan fingerprint density at radius 2 is 1.25 bits per heavy atom. The number of nitrogens with zero attached hydrogens (tertiary/aromatic N) is 5. The fourth-order valence-corrected chi connectivity index (χ4v) is 8.15. The van der Waals surface area contributed by atoms with Crippen LogP contribution in [0, 0.1) is 0 Å². The van der Waals surface area contributed by atoms with Gasteiger partial charge < -0.3 is 14.5 Å². The monoisotopic (exact) mass is 805 g/mol. The van der Waals surface area contributed by atoms with E-state index in [1.165, 1.54) is 0 Å². The van der Waals surface area contributed by atoms with Gasteiger partial charge in [0.2, 0.25) is 0 Å². The predicted octanol–water partition coefficient (Wildman–Crippen LogP) is 14.5. The van der Waals surface area contributed by atoms with Crippen LogP contribution in [0.25, 0.3) is 49.9 Å². The Morgan fingerprint density at radius 3 is 1.95 bits per heavy atom. The minimum Gasteiger partial charge on any atom is -0.457 e. The molecule has 1 aliphatic heterocycles. The number of aromatic nitrogens is 3. The Morgan fingerprint density at radius 1 is 0.574 bits per heavy atom. The maximum Gasteiger partial charge on any atom is 0.137 e. The van der Waals surface area contributed by atoms with Gasteiger partial charge in [0.15, 0.2) is 0 Å². The van der Waals surface area contributed by atoms with Crippen LogP contribution in [0.15, 0.2) is 176 Å². The van der Waals surface area contributed by atoms with Crippen LogP contribution in [0.1, 0.15) is 66.4 Å². The van der Waals surface area contributed by atoms with E-state index >= 15 is 0 Å². The van der Waals surface area contributed by atoms with Gasteiger partial charge in [-0.15, -0.1) is 0 Å². The van der Waals surface area contributed by atoms with E-state index in [0.29, 0.717) is 34.1 Å². The number of rotatable bonds is 7. The molecule has 0 saturated heterocycles. The molecule has 0 fully saturated rings. The number of anilines is 4. The molecule has 6 aromatic carbocycles. The molecule has 1 aliphatic rings. The summed E-state index contributed by atoms with van der Waals surface area (Å²) in [6.45, 7) is 12.5. The number of benzene rings is 6. The highest BCUT2D eigenvalue weighted by atomic mass is 16.5. The normalized spacial score (nSPS) is 15.2. The zero-order valence-corrected chi connectivity index (χ0v) is 34.8. The first-order chi connectivity index (χ1) is 33.6. The molecule has 0 aliphatic carbocycles. The Balaban J connectivity index is 1.13. The lowest BCUT2D eigenvalue weighted by Gasteiger charge is -2.30. The highest BCUT2D eigenvalue weighted by molar-refractivity contribution is 6.09. The summed E-state index contributed by atoms with van der Waals surface area (Å²) in [5.74, 6) is 1.93. The molecule has 0 unspecified atom stereocenters. The van der Waals surface area contributed by atoms with E-state index < -0.39 is 65.8 Å². The van der Waals surface area contributed by atoms with Crippen molar-refractivity contribution in [1.82, 2.24) is 14.5 Å². The SMILES string of the molecule is [2H]c1c([2H])c([2H])c(-c2cc(C(C)(C)C)cc(-c3c([2H])c([2H])c([2H])c([2H])c3[2H])c2N2CN(c3cccc(Oc4ccc5c6ccccc6n(-c6cc(C(C)(C)C)ccn6)c5c4)c3)c3cnccc32)c([2H])c1[2H]. The Kier molecular flexibility index (Phi) is 6.88. The lowest BCUT2D eigenvalue weighted by molar-refractivity contribution is 0.483. The zero-order valence-electron chi connectivity index (χ0n) is 44.8. The lowest BCUT2D eigenvalue weighted by Crippen LogP contribution is -2.25. The van der Waals surface area contributed by atoms with Crippen molar-refractivity contribution in [2.24, 2.45) is 0 Å². The van der Waals surface area contributed by atoms with E-state index in [1.807, 2.05) is 85.3 Å². The van der Waals surface area contributed by atoms with Crippen molar-refractivity contribution >= 4 is 44.6 Å². The molecule has 61 heavy (non-hydrogen) atoms. The van der Waals surface area contributed by atoms with Crippen LogP contribution in [0.3, 0.4) is 0 Å². The van der Waals surface area contributed by atoms with Crippen LogP contribution >= 0.6 is 0 Å². The van der Waals surface area contributed by atoms with Crippen molar-refractivity contribution in [3.8, 4) is 39.6 Å². The predicted molar refractivity (Wildman–Crippen MR) is 253 cm³/mol. The molecule has 0 amide bonds. The summed E-state index contributed by atoms with van der Waals surface area (Å²) < 4.78 is 97.6. The Labute approximate surface area is 372 Å². The number of para-hydroxylation sites is 1. The number of ether oxygens (including phenoxy) is 1. The summed E-state index contributed by atoms with van der Waals surface area (Å²) in [5, 5.41) is 2.13. The molecule has 0 radical (unpaired) electrons. The number of fused-ring (bicyclic) bond motifs is 4. The summed E-state index contributed by atoms with van der Waals surface area (Å²) in [6, 6.07) is 26.4. The lowest BCUT2D eigenvalue weighted by atomic mass is 9.82. The number of hydrogen-bond acceptors (Lipinski definition) is 5. The van der Waals surface area contributed by atoms with E-state index in [0.717, 1.165) is 33.2 Å². The summed E-state index contributed by atoms with van der Waals surface area (Å²) >= 11 is 0. The average Bonchev–Trinajstić information content (AvgIpc) is 3.89. The van der Waals surface area contributed by atoms with Crippen molar-refractivity contribution in [2.75, 3.05) is 16.5 Å². The molecular formula is C55H49N5O. The van der Waals surface area contributed by atoms with Gasteiger partial charge in [0, 0.05) is 52.1 Å². The van der Waals surface area contributed by atoms with Gasteiger partial charge in [-0.2, -0.15) is 0 Å². The minimum atomic E-state index is -0.614. The van der Waals surface area contributed by atoms with Gasteiger partial charge in [0.1, 0.15) is 24.0 Å². The molecule has 10 rings (SSSR count). The topological polar surface area (TPSA) is 46.4 Å². The molecule has 9 aromatic rings. The molecule has 0 spiro atoms. The van der Waals surface area contributed by atoms with Crippen LogP contribution in [-0.2, 0) is 10.8 Å². The van der Waals surface area contributed by atoms with E-state index in [1.54, 1.807) is 30.6 Å². The van der Waals surface area contributed by atoms with Gasteiger partial charge in [-0.05, 0) is 93.7 Å². The van der Waals surface area contributed by atoms with E-state index in [9.17, 15) is 5.48 Å². The first kappa shape index (κ1) is 28.3. The van der Waals surface area contributed by atoms with Crippen LogP contribution < -0.4 is 14.5 Å². The van der Waals surface area contributed by atoms with Crippen LogP contribution in [-0.4, -0.2) is 21.2 Å². The first-order valence-corrected chi connectivity index (χ1v) is 20.3. The van der Waals surface area contributed by atoms with Crippen LogP contribution in [0.2, 0.25) is 0 Å². The third-order valence-electron chi connectivity index (χ3n) is 11.3. The van der Waals surface area contributed by atoms with Gasteiger partial charge >= 0.3 is 0 Å². The van der Waals surface area contributed by atoms with Gasteiger partial charge in [-0.1, -0.05) is 126 Å². The zero-order chi connectivity index (χ0) is 50.6. The van der Waals surface area contributed by atoms with Crippen molar-refractivity contribution in [3.63, 3.8) is 0 Å². The summed E-state index contributed by atoms with van der Waals surface area (Å²) in [4.78, 5) is 13.2. The molecule has 6 heteroatoms. The van der Waals surface area contributed by atoms with Crippen molar-refractivity contribution in [3.05, 3.63) is 187 Å². The second-order valence-electron chi connectivity index (χ2n) is 17.3. The number of pyridine rings is 2. The van der Waals surface area contributed by atoms with Gasteiger partial charge in [-0.3, -0.25) is 9.55 Å². The largest absolute Gasteiger partial charge is 0.457 e. The number of hydrogen-bond donors (Lipinski definition) is 0. The molecular weight excluding hydrogens is 747 g/mol. The molecule has 0 N–H and O–H groups in total. The summed E-state index contributed by atoms with van der Waals surface area (Å²) in [6.07, 6.45) is 5.18. The standard InChI is InChI=1S/C55H49N5O/c1-54(2,3)39-26-29-57-52(32-39)60-48-23-14-13-22-44(48)45-25-24-43(34-50(45)60)61-42-21-15-20-41(33-42)58-36-59(49-27-28-56-35-51(49)58)53-46(37-16-9-7-10-17-37)30-40(55(4,5)6)31-47(53)38-18-11-8-12-19-38/h7-35H,36H2,1-6H3/i7D,8D,9D,10D,11D,12D,16D,17D,18D,19D. The maximum atomic E-state index is 9.23. The molecule has 6 nitrogen and oxygen atoms in total. The van der Waals surface area contributed by atoms with Gasteiger partial charge in [0.05, 0.1) is 48.0 Å². The van der Waals surface area contributed by atoms with E-state index in [2.05, 4.69) is 60.7 Å². The second-order valence-corrected chi connectivity index (χ2v) is 17.3. The van der Waals surface area contributed by atoms with E-state index in [-0.39, 0.29) is 40.0 Å². The third kappa shape index (κ3) is 6.98. The van der Waals surface area contributed by atoms with Crippen molar-refractivity contribution < 1.29 is 18.4 Å². The molecule has 300 valence electrons. The fourth-order valence-electron chi connectivity index (χ4n) is 8.15. The smallest absolute Gasteiger partial charge is 0.137 e. The highest BCUT2D eigenvalue weighted by Crippen LogP contribution is 2.51. The quantitative estimate of drug-likeness (QED) is 0.161. The maximum absolute atomic E-state index is 9.23. The van der Waals surface area contributed by atoms with Crippen molar-refractivity contribution in [2.45, 2.75) is 52.4 Å². The van der Waals surface area contributed by atoms with E-state index in [4.69, 9.17) is 17.9 Å². The first-order valence-electron chi connectivity index (χ1n) is 25.3. The third-order valence-corrected chi connectivity index (χ3v) is 11.3. The summed E-state index contributed by atoms with van der Waals surface area (Å²) in [7, 11) is 0. The fraction of sp³-hybridized carbons (Fsp3) is 0.164. The van der Waals surface area contributed by atoms with Crippen LogP contribution in [0.5, 0.6) is 11.5 Å². The van der Waals surface area contributed by atoms with Gasteiger partial charge in [0.25, 0.3) is 0 Å². The molecule has 0 saturated carbocycles. The highest BCUT2D eigenvalue weighted by Gasteiger charge is 2.33. The molecule has 0 atom stereocenters. The molecule has 0 bridgehead atoms. The van der Waals surface area contributed by atoms with Gasteiger partial charge in [-0.25, -0.2) is 4.98 Å². The molecule has 3 aromatic heterocycles. The van der Waals surface area contributed by atoms with Crippen LogP contribution in [0.4, 0.5) is 22.7 Å². The average molecular weight is 806 g/mol. The second kappa shape index (κ2) is 14.8. The van der Waals surface area contributed by atoms with Crippen molar-refractivity contribution in [1.29, 1.82) is 0 Å². The minimum absolute atomic E-state index is 0.0728. The Bertz CT molecular complexity index is 3520. The summed E-state index contributed by atoms with van der Waals surface area (Å²) in [5.41, 5.74) is 5.57.